The molecule has 6 nitrogen and oxygen atoms in total. The van der Waals surface area contributed by atoms with Crippen LogP contribution in [0.1, 0.15) is 6.92 Å². The van der Waals surface area contributed by atoms with Crippen LogP contribution in [-0.2, 0) is 14.3 Å². The van der Waals surface area contributed by atoms with Crippen LogP contribution in [0.5, 0.6) is 0 Å². The fourth-order valence-corrected chi connectivity index (χ4v) is 2.37. The summed E-state index contributed by atoms with van der Waals surface area (Å²) >= 11 is 5.86. The Balaban J connectivity index is 1.68. The van der Waals surface area contributed by atoms with E-state index in [1.165, 1.54) is 0 Å². The molecule has 116 valence electrons. The molecule has 2 atom stereocenters. The lowest BCUT2D eigenvalue weighted by Crippen LogP contribution is -2.44. The summed E-state index contributed by atoms with van der Waals surface area (Å²) in [5, 5.41) is 7.72. The fraction of sp³-hybridized carbons (Fsp3) is 0.333. The van der Waals surface area contributed by atoms with Crippen molar-refractivity contribution in [2.24, 2.45) is 0 Å². The van der Waals surface area contributed by atoms with Crippen molar-refractivity contribution in [1.29, 1.82) is 0 Å². The first-order valence-corrected chi connectivity index (χ1v) is 7.37. The molecule has 0 bridgehead atoms. The highest BCUT2D eigenvalue weighted by Crippen LogP contribution is 2.16. The van der Waals surface area contributed by atoms with E-state index in [4.69, 9.17) is 21.1 Å². The average molecular weight is 322 g/mol. The smallest absolute Gasteiger partial charge is 0.257 e. The second-order valence-corrected chi connectivity index (χ2v) is 5.41. The van der Waals surface area contributed by atoms with Crippen LogP contribution in [0.4, 0.5) is 5.82 Å². The van der Waals surface area contributed by atoms with Crippen LogP contribution in [0, 0.1) is 0 Å². The van der Waals surface area contributed by atoms with E-state index in [1.54, 1.807) is 29.1 Å². The molecule has 22 heavy (non-hydrogen) atoms. The first-order valence-electron chi connectivity index (χ1n) is 6.99. The predicted molar refractivity (Wildman–Crippen MR) is 82.4 cm³/mol. The van der Waals surface area contributed by atoms with Gasteiger partial charge in [0.2, 0.25) is 0 Å². The standard InChI is InChI=1S/C15H16ClN3O3/c1-10-14(22-9-8-21-10)15(20)17-13-6-7-19(18-13)12-4-2-11(16)3-5-12/h2-7,10,14H,8-9H2,1H3,(H,17,18,20)/t10-,14-/m0/s1. The van der Waals surface area contributed by atoms with Gasteiger partial charge in [0, 0.05) is 17.3 Å². The van der Waals surface area contributed by atoms with Crippen LogP contribution in [0.3, 0.4) is 0 Å². The average Bonchev–Trinajstić information content (AvgIpc) is 2.97. The van der Waals surface area contributed by atoms with Gasteiger partial charge in [-0.25, -0.2) is 4.68 Å². The molecule has 1 fully saturated rings. The highest BCUT2D eigenvalue weighted by atomic mass is 35.5. The van der Waals surface area contributed by atoms with Crippen molar-refractivity contribution in [3.05, 3.63) is 41.6 Å². The normalized spacial score (nSPS) is 21.5. The van der Waals surface area contributed by atoms with Gasteiger partial charge < -0.3 is 14.8 Å². The van der Waals surface area contributed by atoms with Crippen molar-refractivity contribution < 1.29 is 14.3 Å². The lowest BCUT2D eigenvalue weighted by atomic mass is 10.2. The number of carbonyl (C=O) groups excluding carboxylic acids is 1. The van der Waals surface area contributed by atoms with Gasteiger partial charge in [-0.15, -0.1) is 0 Å². The predicted octanol–water partition coefficient (Wildman–Crippen LogP) is 2.27. The Morgan fingerprint density at radius 1 is 1.27 bits per heavy atom. The summed E-state index contributed by atoms with van der Waals surface area (Å²) in [6.45, 7) is 2.74. The molecule has 0 spiro atoms. The molecule has 1 saturated heterocycles. The number of amides is 1. The van der Waals surface area contributed by atoms with E-state index in [9.17, 15) is 4.79 Å². The third kappa shape index (κ3) is 3.30. The molecule has 7 heteroatoms. The molecule has 1 aromatic heterocycles. The zero-order valence-electron chi connectivity index (χ0n) is 12.0. The van der Waals surface area contributed by atoms with Gasteiger partial charge in [-0.1, -0.05) is 11.6 Å². The van der Waals surface area contributed by atoms with Crippen molar-refractivity contribution in [1.82, 2.24) is 9.78 Å². The van der Waals surface area contributed by atoms with Crippen LogP contribution in [0.15, 0.2) is 36.5 Å². The van der Waals surface area contributed by atoms with Gasteiger partial charge in [-0.05, 0) is 31.2 Å². The zero-order chi connectivity index (χ0) is 15.5. The van der Waals surface area contributed by atoms with Crippen molar-refractivity contribution in [2.45, 2.75) is 19.1 Å². The molecule has 0 saturated carbocycles. The maximum atomic E-state index is 12.2. The Hall–Kier alpha value is -1.89. The number of nitrogens with zero attached hydrogens (tertiary/aromatic N) is 2. The summed E-state index contributed by atoms with van der Waals surface area (Å²) in [5.41, 5.74) is 0.857. The molecule has 1 aliphatic rings. The summed E-state index contributed by atoms with van der Waals surface area (Å²) in [7, 11) is 0. The number of hydrogen-bond donors (Lipinski definition) is 1. The first kappa shape index (κ1) is 15.0. The van der Waals surface area contributed by atoms with E-state index in [-0.39, 0.29) is 12.0 Å². The monoisotopic (exact) mass is 321 g/mol. The molecule has 1 aromatic carbocycles. The zero-order valence-corrected chi connectivity index (χ0v) is 12.8. The molecule has 0 radical (unpaired) electrons. The lowest BCUT2D eigenvalue weighted by Gasteiger charge is -2.27. The van der Waals surface area contributed by atoms with Crippen LogP contribution >= 0.6 is 11.6 Å². The van der Waals surface area contributed by atoms with Gasteiger partial charge in [0.15, 0.2) is 11.9 Å². The molecule has 0 aliphatic carbocycles. The third-order valence-corrected chi connectivity index (χ3v) is 3.63. The van der Waals surface area contributed by atoms with E-state index in [0.29, 0.717) is 24.1 Å². The second-order valence-electron chi connectivity index (χ2n) is 4.98. The molecular formula is C15H16ClN3O3. The molecule has 2 heterocycles. The molecule has 1 aliphatic heterocycles. The second kappa shape index (κ2) is 6.48. The minimum absolute atomic E-state index is 0.256. The summed E-state index contributed by atoms with van der Waals surface area (Å²) < 4.78 is 12.5. The molecule has 2 aromatic rings. The van der Waals surface area contributed by atoms with Gasteiger partial charge in [-0.2, -0.15) is 5.10 Å². The number of rotatable bonds is 3. The molecule has 3 rings (SSSR count). The Morgan fingerprint density at radius 3 is 2.73 bits per heavy atom. The van der Waals surface area contributed by atoms with Crippen LogP contribution in [-0.4, -0.2) is 41.1 Å². The molecule has 1 N–H and O–H groups in total. The van der Waals surface area contributed by atoms with Gasteiger partial charge >= 0.3 is 0 Å². The maximum Gasteiger partial charge on any atom is 0.257 e. The summed E-state index contributed by atoms with van der Waals surface area (Å²) in [5.74, 6) is 0.204. The number of anilines is 1. The van der Waals surface area contributed by atoms with Crippen molar-refractivity contribution in [3.8, 4) is 5.69 Å². The Labute approximate surface area is 133 Å². The Kier molecular flexibility index (Phi) is 4.42. The van der Waals surface area contributed by atoms with Crippen LogP contribution < -0.4 is 5.32 Å². The summed E-state index contributed by atoms with van der Waals surface area (Å²) in [6.07, 6.45) is 0.877. The molecular weight excluding hydrogens is 306 g/mol. The number of carbonyl (C=O) groups is 1. The fourth-order valence-electron chi connectivity index (χ4n) is 2.25. The minimum Gasteiger partial charge on any atom is -0.373 e. The van der Waals surface area contributed by atoms with Crippen LogP contribution in [0.25, 0.3) is 5.69 Å². The summed E-state index contributed by atoms with van der Waals surface area (Å²) in [4.78, 5) is 12.2. The number of ether oxygens (including phenoxy) is 2. The number of aromatic nitrogens is 2. The number of nitrogens with one attached hydrogen (secondary N) is 1. The minimum atomic E-state index is -0.616. The quantitative estimate of drug-likeness (QED) is 0.942. The Bertz CT molecular complexity index is 656. The van der Waals surface area contributed by atoms with Crippen molar-refractivity contribution in [3.63, 3.8) is 0 Å². The van der Waals surface area contributed by atoms with Crippen LogP contribution in [0.2, 0.25) is 5.02 Å². The van der Waals surface area contributed by atoms with E-state index < -0.39 is 6.10 Å². The van der Waals surface area contributed by atoms with Crippen molar-refractivity contribution >= 4 is 23.3 Å². The molecule has 1 amide bonds. The van der Waals surface area contributed by atoms with Gasteiger partial charge in [0.1, 0.15) is 0 Å². The first-order chi connectivity index (χ1) is 10.6. The van der Waals surface area contributed by atoms with Crippen molar-refractivity contribution in [2.75, 3.05) is 18.5 Å². The number of halogens is 1. The highest BCUT2D eigenvalue weighted by molar-refractivity contribution is 6.30. The van der Waals surface area contributed by atoms with E-state index in [2.05, 4.69) is 10.4 Å². The topological polar surface area (TPSA) is 65.4 Å². The number of hydrogen-bond acceptors (Lipinski definition) is 4. The molecule has 0 unspecified atom stereocenters. The van der Waals surface area contributed by atoms with E-state index >= 15 is 0 Å². The van der Waals surface area contributed by atoms with Gasteiger partial charge in [0.05, 0.1) is 25.0 Å². The Morgan fingerprint density at radius 2 is 2.00 bits per heavy atom. The largest absolute Gasteiger partial charge is 0.373 e. The lowest BCUT2D eigenvalue weighted by molar-refractivity contribution is -0.157. The van der Waals surface area contributed by atoms with E-state index in [0.717, 1.165) is 5.69 Å². The highest BCUT2D eigenvalue weighted by Gasteiger charge is 2.30. The summed E-state index contributed by atoms with van der Waals surface area (Å²) in [6, 6.07) is 8.99. The number of benzene rings is 1. The SMILES string of the molecule is C[C@@H]1OCCO[C@@H]1C(=O)Nc1ccn(-c2ccc(Cl)cc2)n1. The van der Waals surface area contributed by atoms with E-state index in [1.807, 2.05) is 19.1 Å². The van der Waals surface area contributed by atoms with Gasteiger partial charge in [0.25, 0.3) is 5.91 Å². The maximum absolute atomic E-state index is 12.2. The van der Waals surface area contributed by atoms with Gasteiger partial charge in [-0.3, -0.25) is 4.79 Å². The third-order valence-electron chi connectivity index (χ3n) is 3.38.